The molecule has 1 unspecified atom stereocenters. The Morgan fingerprint density at radius 2 is 2.14 bits per heavy atom. The molecule has 5 N–H and O–H groups in total. The zero-order valence-electron chi connectivity index (χ0n) is 16.0. The number of anilines is 2. The van der Waals surface area contributed by atoms with Crippen LogP contribution in [0.5, 0.6) is 0 Å². The molecule has 1 aliphatic heterocycles. The standard InChI is InChI=1S/C19H25N7OS/c1-19(6-9-28-18(20)26-19)13-4-3-5-14(10-13)25-17(27)15-11-24-16(12-23-15)22-8-7-21-2/h3-5,10-12,21H,6-9H2,1-2H3,(H2,20,26)(H,22,24)(H,25,27). The highest BCUT2D eigenvalue weighted by Crippen LogP contribution is 2.35. The van der Waals surface area contributed by atoms with Crippen molar-refractivity contribution in [3.05, 3.63) is 47.9 Å². The molecule has 1 amide bonds. The molecule has 3 rings (SSSR count). The highest BCUT2D eigenvalue weighted by molar-refractivity contribution is 8.13. The summed E-state index contributed by atoms with van der Waals surface area (Å²) in [5.41, 5.74) is 7.50. The Balaban J connectivity index is 1.68. The molecule has 1 aromatic heterocycles. The number of amides is 1. The third kappa shape index (κ3) is 4.99. The molecular weight excluding hydrogens is 374 g/mol. The molecule has 2 aromatic rings. The second kappa shape index (κ2) is 9.03. The van der Waals surface area contributed by atoms with Crippen LogP contribution in [-0.4, -0.2) is 46.9 Å². The van der Waals surface area contributed by atoms with E-state index in [1.54, 1.807) is 18.0 Å². The van der Waals surface area contributed by atoms with Gasteiger partial charge < -0.3 is 21.7 Å². The van der Waals surface area contributed by atoms with Crippen molar-refractivity contribution >= 4 is 34.3 Å². The Kier molecular flexibility index (Phi) is 6.48. The van der Waals surface area contributed by atoms with Crippen molar-refractivity contribution in [1.82, 2.24) is 15.3 Å². The predicted octanol–water partition coefficient (Wildman–Crippen LogP) is 2.03. The number of nitrogens with two attached hydrogens (primary N) is 1. The number of aromatic nitrogens is 2. The van der Waals surface area contributed by atoms with E-state index in [4.69, 9.17) is 5.73 Å². The Bertz CT molecular complexity index is 856. The van der Waals surface area contributed by atoms with Gasteiger partial charge in [-0.05, 0) is 38.1 Å². The van der Waals surface area contributed by atoms with Crippen LogP contribution in [0.15, 0.2) is 41.7 Å². The number of thioether (sulfide) groups is 1. The minimum absolute atomic E-state index is 0.257. The van der Waals surface area contributed by atoms with Crippen LogP contribution in [0.4, 0.5) is 11.5 Å². The fourth-order valence-corrected chi connectivity index (χ4v) is 3.85. The number of hydrogen-bond donors (Lipinski definition) is 4. The zero-order chi connectivity index (χ0) is 20.0. The quantitative estimate of drug-likeness (QED) is 0.526. The normalized spacial score (nSPS) is 19.0. The van der Waals surface area contributed by atoms with Gasteiger partial charge in [0.15, 0.2) is 5.17 Å². The predicted molar refractivity (Wildman–Crippen MR) is 115 cm³/mol. The van der Waals surface area contributed by atoms with E-state index in [9.17, 15) is 4.79 Å². The number of rotatable bonds is 7. The van der Waals surface area contributed by atoms with E-state index in [0.29, 0.717) is 16.7 Å². The molecule has 2 heterocycles. The number of amidine groups is 1. The van der Waals surface area contributed by atoms with E-state index in [1.165, 1.54) is 6.20 Å². The van der Waals surface area contributed by atoms with Crippen LogP contribution in [0, 0.1) is 0 Å². The molecule has 0 aliphatic carbocycles. The first-order valence-electron chi connectivity index (χ1n) is 9.11. The van der Waals surface area contributed by atoms with Crippen molar-refractivity contribution in [2.24, 2.45) is 10.7 Å². The van der Waals surface area contributed by atoms with Gasteiger partial charge in [0.25, 0.3) is 5.91 Å². The molecule has 1 aromatic carbocycles. The number of carbonyl (C=O) groups is 1. The minimum atomic E-state index is -0.378. The number of nitrogens with one attached hydrogen (secondary N) is 3. The summed E-state index contributed by atoms with van der Waals surface area (Å²) in [6, 6.07) is 7.69. The van der Waals surface area contributed by atoms with Crippen molar-refractivity contribution in [2.75, 3.05) is 36.5 Å². The minimum Gasteiger partial charge on any atom is -0.379 e. The van der Waals surface area contributed by atoms with Gasteiger partial charge in [0.2, 0.25) is 0 Å². The largest absolute Gasteiger partial charge is 0.379 e. The first-order chi connectivity index (χ1) is 13.5. The maximum Gasteiger partial charge on any atom is 0.275 e. The lowest BCUT2D eigenvalue weighted by molar-refractivity contribution is 0.102. The molecule has 9 heteroatoms. The summed E-state index contributed by atoms with van der Waals surface area (Å²) in [5.74, 6) is 1.25. The molecule has 0 radical (unpaired) electrons. The molecule has 0 spiro atoms. The summed E-state index contributed by atoms with van der Waals surface area (Å²) >= 11 is 1.57. The van der Waals surface area contributed by atoms with Crippen LogP contribution in [0.1, 0.15) is 29.4 Å². The molecule has 0 saturated heterocycles. The monoisotopic (exact) mass is 399 g/mol. The summed E-state index contributed by atoms with van der Waals surface area (Å²) in [7, 11) is 1.88. The van der Waals surface area contributed by atoms with E-state index in [1.807, 2.05) is 31.3 Å². The summed E-state index contributed by atoms with van der Waals surface area (Å²) in [5, 5.41) is 9.64. The smallest absolute Gasteiger partial charge is 0.275 e. The molecule has 8 nitrogen and oxygen atoms in total. The lowest BCUT2D eigenvalue weighted by atomic mass is 9.89. The zero-order valence-corrected chi connectivity index (χ0v) is 16.8. The van der Waals surface area contributed by atoms with E-state index in [0.717, 1.165) is 30.8 Å². The second-order valence-electron chi connectivity index (χ2n) is 6.67. The van der Waals surface area contributed by atoms with Gasteiger partial charge in [0.1, 0.15) is 11.5 Å². The average Bonchev–Trinajstić information content (AvgIpc) is 2.69. The van der Waals surface area contributed by atoms with Gasteiger partial charge in [-0.1, -0.05) is 23.9 Å². The molecule has 0 bridgehead atoms. The molecule has 0 fully saturated rings. The van der Waals surface area contributed by atoms with Crippen LogP contribution in [-0.2, 0) is 5.54 Å². The van der Waals surface area contributed by atoms with E-state index >= 15 is 0 Å². The Morgan fingerprint density at radius 3 is 2.86 bits per heavy atom. The molecule has 1 aliphatic rings. The first kappa shape index (κ1) is 20.1. The maximum absolute atomic E-state index is 12.5. The average molecular weight is 400 g/mol. The maximum atomic E-state index is 12.5. The van der Waals surface area contributed by atoms with Gasteiger partial charge in [-0.15, -0.1) is 0 Å². The number of nitrogens with zero attached hydrogens (tertiary/aromatic N) is 3. The Hall–Kier alpha value is -2.65. The van der Waals surface area contributed by atoms with Crippen molar-refractivity contribution in [2.45, 2.75) is 18.9 Å². The number of likely N-dealkylation sites (N-methyl/N-ethyl adjacent to an activating group) is 1. The van der Waals surface area contributed by atoms with Crippen LogP contribution in [0.3, 0.4) is 0 Å². The van der Waals surface area contributed by atoms with Gasteiger partial charge in [-0.3, -0.25) is 9.79 Å². The highest BCUT2D eigenvalue weighted by atomic mass is 32.2. The van der Waals surface area contributed by atoms with Crippen LogP contribution in [0.25, 0.3) is 0 Å². The van der Waals surface area contributed by atoms with Gasteiger partial charge in [0, 0.05) is 24.5 Å². The Labute approximate surface area is 168 Å². The van der Waals surface area contributed by atoms with Crippen molar-refractivity contribution < 1.29 is 4.79 Å². The highest BCUT2D eigenvalue weighted by Gasteiger charge is 2.29. The Morgan fingerprint density at radius 1 is 1.29 bits per heavy atom. The van der Waals surface area contributed by atoms with Crippen molar-refractivity contribution in [1.29, 1.82) is 0 Å². The molecule has 1 atom stereocenters. The van der Waals surface area contributed by atoms with Gasteiger partial charge in [-0.2, -0.15) is 0 Å². The summed E-state index contributed by atoms with van der Waals surface area (Å²) < 4.78 is 0. The summed E-state index contributed by atoms with van der Waals surface area (Å²) in [6.07, 6.45) is 3.91. The molecule has 28 heavy (non-hydrogen) atoms. The van der Waals surface area contributed by atoms with Crippen molar-refractivity contribution in [3.8, 4) is 0 Å². The SMILES string of the molecule is CNCCNc1cnc(C(=O)Nc2cccc(C3(C)CCSC(N)=N3)c2)cn1. The molecular formula is C19H25N7OS. The molecule has 148 valence electrons. The third-order valence-corrected chi connectivity index (χ3v) is 5.30. The van der Waals surface area contributed by atoms with E-state index in [2.05, 4.69) is 37.8 Å². The number of aliphatic imine (C=N–C) groups is 1. The lowest BCUT2D eigenvalue weighted by Crippen LogP contribution is -2.28. The number of hydrogen-bond acceptors (Lipinski definition) is 8. The van der Waals surface area contributed by atoms with E-state index < -0.39 is 0 Å². The number of carbonyl (C=O) groups excluding carboxylic acids is 1. The topological polar surface area (TPSA) is 117 Å². The first-order valence-corrected chi connectivity index (χ1v) is 10.1. The van der Waals surface area contributed by atoms with Gasteiger partial charge >= 0.3 is 0 Å². The van der Waals surface area contributed by atoms with Crippen LogP contribution in [0.2, 0.25) is 0 Å². The van der Waals surface area contributed by atoms with E-state index in [-0.39, 0.29) is 17.1 Å². The second-order valence-corrected chi connectivity index (χ2v) is 7.79. The summed E-state index contributed by atoms with van der Waals surface area (Å²) in [6.45, 7) is 3.60. The fraction of sp³-hybridized carbons (Fsp3) is 0.368. The van der Waals surface area contributed by atoms with Crippen LogP contribution < -0.4 is 21.7 Å². The van der Waals surface area contributed by atoms with Crippen molar-refractivity contribution in [3.63, 3.8) is 0 Å². The van der Waals surface area contributed by atoms with Gasteiger partial charge in [0.05, 0.1) is 17.9 Å². The number of benzene rings is 1. The van der Waals surface area contributed by atoms with Gasteiger partial charge in [-0.25, -0.2) is 9.97 Å². The molecule has 0 saturated carbocycles. The summed E-state index contributed by atoms with van der Waals surface area (Å²) in [4.78, 5) is 25.5. The fourth-order valence-electron chi connectivity index (χ4n) is 2.87. The lowest BCUT2D eigenvalue weighted by Gasteiger charge is -2.30. The van der Waals surface area contributed by atoms with Crippen LogP contribution >= 0.6 is 11.8 Å². The third-order valence-electron chi connectivity index (χ3n) is 4.50.